The average Bonchev–Trinajstić information content (AvgIpc) is 3.17. The Morgan fingerprint density at radius 3 is 1.81 bits per heavy atom. The summed E-state index contributed by atoms with van der Waals surface area (Å²) in [6, 6.07) is 7.61. The monoisotopic (exact) mass is 356 g/mol. The van der Waals surface area contributed by atoms with Crippen molar-refractivity contribution in [1.82, 2.24) is 0 Å². The number of nitrogens with two attached hydrogens (primary N) is 1. The molecule has 1 aliphatic heterocycles. The van der Waals surface area contributed by atoms with Gasteiger partial charge in [-0.05, 0) is 49.9 Å². The van der Waals surface area contributed by atoms with E-state index >= 15 is 0 Å². The maximum absolute atomic E-state index is 12.5. The van der Waals surface area contributed by atoms with Crippen molar-refractivity contribution in [3.8, 4) is 11.1 Å². The van der Waals surface area contributed by atoms with Gasteiger partial charge in [0.25, 0.3) is 0 Å². The Labute approximate surface area is 153 Å². The summed E-state index contributed by atoms with van der Waals surface area (Å²) in [5.74, 6) is -1.06. The van der Waals surface area contributed by atoms with E-state index in [1.165, 1.54) is 12.8 Å². The summed E-state index contributed by atoms with van der Waals surface area (Å²) in [4.78, 5) is 27.2. The van der Waals surface area contributed by atoms with Crippen molar-refractivity contribution in [3.05, 3.63) is 35.4 Å². The van der Waals surface area contributed by atoms with Gasteiger partial charge in [-0.2, -0.15) is 0 Å². The fourth-order valence-electron chi connectivity index (χ4n) is 3.46. The molecule has 0 aromatic carbocycles. The van der Waals surface area contributed by atoms with Crippen molar-refractivity contribution in [2.75, 3.05) is 36.9 Å². The zero-order chi connectivity index (χ0) is 18.7. The van der Waals surface area contributed by atoms with E-state index in [2.05, 4.69) is 4.90 Å². The number of hydrogen-bond donors (Lipinski definition) is 1. The third-order valence-corrected chi connectivity index (χ3v) is 4.64. The lowest BCUT2D eigenvalue weighted by Crippen LogP contribution is -2.16. The molecule has 2 aliphatic carbocycles. The summed E-state index contributed by atoms with van der Waals surface area (Å²) in [5, 5.41) is 0. The first-order chi connectivity index (χ1) is 12.6. The molecule has 26 heavy (non-hydrogen) atoms. The number of fused-ring (bicyclic) bond motifs is 1. The van der Waals surface area contributed by atoms with Gasteiger partial charge < -0.3 is 20.1 Å². The van der Waals surface area contributed by atoms with Crippen LogP contribution in [0.5, 0.6) is 0 Å². The van der Waals surface area contributed by atoms with Crippen LogP contribution in [0.4, 0.5) is 11.4 Å². The first-order valence-electron chi connectivity index (χ1n) is 9.02. The maximum atomic E-state index is 12.5. The molecule has 0 aromatic rings. The number of nitrogens with zero attached hydrogens (tertiary/aromatic N) is 1. The van der Waals surface area contributed by atoms with Crippen LogP contribution >= 0.6 is 0 Å². The summed E-state index contributed by atoms with van der Waals surface area (Å²) in [5.41, 5.74) is 9.01. The van der Waals surface area contributed by atoms with E-state index in [0.29, 0.717) is 11.1 Å². The Bertz CT molecular complexity index is 741. The summed E-state index contributed by atoms with van der Waals surface area (Å²) >= 11 is 0. The summed E-state index contributed by atoms with van der Waals surface area (Å²) in [6.45, 7) is 5.95. The molecule has 2 N–H and O–H groups in total. The third-order valence-electron chi connectivity index (χ3n) is 4.64. The molecule has 3 rings (SSSR count). The lowest BCUT2D eigenvalue weighted by atomic mass is 10.1. The zero-order valence-corrected chi connectivity index (χ0v) is 15.2. The van der Waals surface area contributed by atoms with E-state index in [9.17, 15) is 9.59 Å². The largest absolute Gasteiger partial charge is 0.462 e. The number of ether oxygens (including phenoxy) is 2. The second kappa shape index (κ2) is 7.64. The van der Waals surface area contributed by atoms with Crippen LogP contribution in [-0.2, 0) is 9.47 Å². The normalized spacial score (nSPS) is 13.8. The molecule has 0 saturated carbocycles. The van der Waals surface area contributed by atoms with Crippen LogP contribution in [0.15, 0.2) is 24.3 Å². The second-order valence-electron chi connectivity index (χ2n) is 6.22. The Kier molecular flexibility index (Phi) is 5.30. The lowest BCUT2D eigenvalue weighted by molar-refractivity contribution is 0.0525. The SMILES string of the molecule is CCOC(=O)c1c2ccc(N3CCCC3)ccc-2c(C(=O)OCC)c1N. The highest BCUT2D eigenvalue weighted by molar-refractivity contribution is 6.15. The number of esters is 2. The highest BCUT2D eigenvalue weighted by atomic mass is 16.5. The Morgan fingerprint density at radius 2 is 1.38 bits per heavy atom. The number of anilines is 2. The van der Waals surface area contributed by atoms with Crippen molar-refractivity contribution >= 4 is 23.3 Å². The number of nitrogen functional groups attached to an aromatic ring is 1. The van der Waals surface area contributed by atoms with Crippen LogP contribution in [0.2, 0.25) is 0 Å². The molecule has 1 fully saturated rings. The van der Waals surface area contributed by atoms with E-state index < -0.39 is 11.9 Å². The quantitative estimate of drug-likeness (QED) is 0.828. The molecular formula is C20H24N2O4. The van der Waals surface area contributed by atoms with E-state index in [-0.39, 0.29) is 30.0 Å². The van der Waals surface area contributed by atoms with Crippen LogP contribution in [0.3, 0.4) is 0 Å². The van der Waals surface area contributed by atoms with E-state index in [4.69, 9.17) is 15.2 Å². The Morgan fingerprint density at radius 1 is 0.923 bits per heavy atom. The standard InChI is InChI=1S/C20H24N2O4/c1-3-25-19(23)16-14-9-7-13(22-11-5-6-12-22)8-10-15(14)17(18(16)21)20(24)26-4-2/h7-10H,3-6,11-12,21H2,1-2H3. The van der Waals surface area contributed by atoms with Gasteiger partial charge in [0.05, 0.1) is 30.0 Å². The van der Waals surface area contributed by atoms with Crippen LogP contribution < -0.4 is 10.6 Å². The van der Waals surface area contributed by atoms with Gasteiger partial charge in [-0.1, -0.05) is 12.1 Å². The molecule has 0 radical (unpaired) electrons. The van der Waals surface area contributed by atoms with Gasteiger partial charge in [-0.25, -0.2) is 9.59 Å². The van der Waals surface area contributed by atoms with Gasteiger partial charge in [0.2, 0.25) is 0 Å². The molecule has 0 atom stereocenters. The number of rotatable bonds is 5. The molecule has 0 unspecified atom stereocenters. The molecular weight excluding hydrogens is 332 g/mol. The molecule has 3 aliphatic rings. The smallest absolute Gasteiger partial charge is 0.340 e. The molecule has 0 amide bonds. The van der Waals surface area contributed by atoms with Crippen LogP contribution in [0, 0.1) is 0 Å². The van der Waals surface area contributed by atoms with Gasteiger partial charge in [-0.15, -0.1) is 0 Å². The van der Waals surface area contributed by atoms with E-state index in [1.54, 1.807) is 13.8 Å². The predicted molar refractivity (Wildman–Crippen MR) is 101 cm³/mol. The van der Waals surface area contributed by atoms with Crippen LogP contribution in [0.25, 0.3) is 11.1 Å². The van der Waals surface area contributed by atoms with Crippen molar-refractivity contribution in [1.29, 1.82) is 0 Å². The van der Waals surface area contributed by atoms with Crippen LogP contribution in [0.1, 0.15) is 47.4 Å². The van der Waals surface area contributed by atoms with E-state index in [0.717, 1.165) is 18.8 Å². The molecule has 6 nitrogen and oxygen atoms in total. The molecule has 0 bridgehead atoms. The molecule has 1 heterocycles. The van der Waals surface area contributed by atoms with Crippen molar-refractivity contribution < 1.29 is 19.1 Å². The van der Waals surface area contributed by atoms with Crippen molar-refractivity contribution in [2.24, 2.45) is 0 Å². The second-order valence-corrected chi connectivity index (χ2v) is 6.22. The third kappa shape index (κ3) is 3.19. The molecule has 0 spiro atoms. The predicted octanol–water partition coefficient (Wildman–Crippen LogP) is 3.33. The number of carbonyl (C=O) groups is 2. The minimum absolute atomic E-state index is 0.117. The van der Waals surface area contributed by atoms with Gasteiger partial charge in [0.1, 0.15) is 0 Å². The van der Waals surface area contributed by atoms with Gasteiger partial charge in [-0.3, -0.25) is 0 Å². The minimum Gasteiger partial charge on any atom is -0.462 e. The first-order valence-corrected chi connectivity index (χ1v) is 9.02. The molecule has 1 saturated heterocycles. The van der Waals surface area contributed by atoms with Crippen molar-refractivity contribution in [2.45, 2.75) is 26.7 Å². The highest BCUT2D eigenvalue weighted by Gasteiger charge is 2.30. The zero-order valence-electron chi connectivity index (χ0n) is 15.2. The van der Waals surface area contributed by atoms with Gasteiger partial charge in [0.15, 0.2) is 0 Å². The lowest BCUT2D eigenvalue weighted by Gasteiger charge is -2.15. The molecule has 138 valence electrons. The topological polar surface area (TPSA) is 81.9 Å². The fraction of sp³-hybridized carbons (Fsp3) is 0.400. The first kappa shape index (κ1) is 18.0. The Hall–Kier alpha value is -2.76. The van der Waals surface area contributed by atoms with Crippen LogP contribution in [-0.4, -0.2) is 38.2 Å². The molecule has 6 heteroatoms. The van der Waals surface area contributed by atoms with Crippen molar-refractivity contribution in [3.63, 3.8) is 0 Å². The highest BCUT2D eigenvalue weighted by Crippen LogP contribution is 2.40. The number of hydrogen-bond acceptors (Lipinski definition) is 6. The summed E-state index contributed by atoms with van der Waals surface area (Å²) in [6.07, 6.45) is 2.33. The number of carbonyl (C=O) groups excluding carboxylic acids is 2. The van der Waals surface area contributed by atoms with Gasteiger partial charge >= 0.3 is 11.9 Å². The average molecular weight is 356 g/mol. The minimum atomic E-state index is -0.528. The van der Waals surface area contributed by atoms with E-state index in [1.807, 2.05) is 24.3 Å². The molecule has 0 aromatic heterocycles. The van der Waals surface area contributed by atoms with Gasteiger partial charge in [0, 0.05) is 18.8 Å². The maximum Gasteiger partial charge on any atom is 0.340 e. The summed E-state index contributed by atoms with van der Waals surface area (Å²) < 4.78 is 10.3. The Balaban J connectivity index is 2.17. The fourth-order valence-corrected chi connectivity index (χ4v) is 3.46. The summed E-state index contributed by atoms with van der Waals surface area (Å²) in [7, 11) is 0.